The van der Waals surface area contributed by atoms with E-state index >= 15 is 0 Å². The maximum atomic E-state index is 6.72. The van der Waals surface area contributed by atoms with Gasteiger partial charge in [0.2, 0.25) is 0 Å². The van der Waals surface area contributed by atoms with Crippen molar-refractivity contribution in [2.75, 3.05) is 0 Å². The SMILES string of the molecule is C=CC/C(CCCC)=C(/O[Si](CC)(CC)CC)c1ccco1. The van der Waals surface area contributed by atoms with Crippen LogP contribution in [-0.4, -0.2) is 8.32 Å². The number of hydrogen-bond acceptors (Lipinski definition) is 2. The van der Waals surface area contributed by atoms with Gasteiger partial charge in [-0.3, -0.25) is 0 Å². The van der Waals surface area contributed by atoms with Crippen molar-refractivity contribution in [2.24, 2.45) is 0 Å². The van der Waals surface area contributed by atoms with Gasteiger partial charge in [-0.25, -0.2) is 0 Å². The van der Waals surface area contributed by atoms with Crippen LogP contribution in [0.15, 0.2) is 41.0 Å². The topological polar surface area (TPSA) is 22.4 Å². The second-order valence-corrected chi connectivity index (χ2v) is 10.5. The summed E-state index contributed by atoms with van der Waals surface area (Å²) >= 11 is 0. The van der Waals surface area contributed by atoms with Crippen LogP contribution in [0.1, 0.15) is 59.1 Å². The highest BCUT2D eigenvalue weighted by atomic mass is 28.4. The fraction of sp³-hybridized carbons (Fsp3) is 0.579. The number of furan rings is 1. The Morgan fingerprint density at radius 2 is 1.91 bits per heavy atom. The summed E-state index contributed by atoms with van der Waals surface area (Å²) in [5, 5.41) is 0. The highest BCUT2D eigenvalue weighted by Gasteiger charge is 2.33. The van der Waals surface area contributed by atoms with Gasteiger partial charge in [0.15, 0.2) is 5.76 Å². The van der Waals surface area contributed by atoms with E-state index in [0.717, 1.165) is 42.5 Å². The summed E-state index contributed by atoms with van der Waals surface area (Å²) < 4.78 is 12.4. The first kappa shape index (κ1) is 18.8. The molecule has 0 radical (unpaired) electrons. The van der Waals surface area contributed by atoms with Gasteiger partial charge in [0, 0.05) is 0 Å². The third kappa shape index (κ3) is 4.91. The molecule has 0 amide bonds. The lowest BCUT2D eigenvalue weighted by atomic mass is 10.0. The molecule has 0 bridgehead atoms. The van der Waals surface area contributed by atoms with Crippen LogP contribution in [0.3, 0.4) is 0 Å². The highest BCUT2D eigenvalue weighted by Crippen LogP contribution is 2.34. The van der Waals surface area contributed by atoms with Crippen molar-refractivity contribution in [2.45, 2.75) is 71.5 Å². The van der Waals surface area contributed by atoms with Crippen molar-refractivity contribution in [3.05, 3.63) is 42.4 Å². The second kappa shape index (κ2) is 9.72. The van der Waals surface area contributed by atoms with E-state index < -0.39 is 8.32 Å². The smallest absolute Gasteiger partial charge is 0.250 e. The number of allylic oxidation sites excluding steroid dienone is 2. The van der Waals surface area contributed by atoms with E-state index in [1.807, 2.05) is 18.2 Å². The van der Waals surface area contributed by atoms with Gasteiger partial charge in [-0.2, -0.15) is 0 Å². The molecule has 0 aliphatic rings. The molecule has 1 heterocycles. The lowest BCUT2D eigenvalue weighted by Gasteiger charge is -2.31. The van der Waals surface area contributed by atoms with Gasteiger partial charge in [-0.1, -0.05) is 40.2 Å². The molecule has 124 valence electrons. The Hall–Kier alpha value is -1.22. The predicted molar refractivity (Wildman–Crippen MR) is 98.2 cm³/mol. The highest BCUT2D eigenvalue weighted by molar-refractivity contribution is 6.74. The predicted octanol–water partition coefficient (Wildman–Crippen LogP) is 6.78. The van der Waals surface area contributed by atoms with E-state index in [2.05, 4.69) is 34.3 Å². The van der Waals surface area contributed by atoms with Crippen LogP contribution in [0.25, 0.3) is 5.76 Å². The van der Waals surface area contributed by atoms with Crippen molar-refractivity contribution in [1.82, 2.24) is 0 Å². The summed E-state index contributed by atoms with van der Waals surface area (Å²) in [6.07, 6.45) is 8.00. The first-order valence-corrected chi connectivity index (χ1v) is 11.2. The molecule has 0 N–H and O–H groups in total. The molecule has 0 saturated heterocycles. The Balaban J connectivity index is 3.23. The Labute approximate surface area is 137 Å². The Morgan fingerprint density at radius 1 is 1.23 bits per heavy atom. The van der Waals surface area contributed by atoms with Crippen LogP contribution in [0, 0.1) is 0 Å². The first-order chi connectivity index (χ1) is 10.7. The first-order valence-electron chi connectivity index (χ1n) is 8.72. The fourth-order valence-corrected chi connectivity index (χ4v) is 5.37. The summed E-state index contributed by atoms with van der Waals surface area (Å²) in [5.74, 6) is 1.87. The summed E-state index contributed by atoms with van der Waals surface area (Å²) in [4.78, 5) is 0. The maximum Gasteiger partial charge on any atom is 0.250 e. The second-order valence-electron chi connectivity index (χ2n) is 5.85. The zero-order chi connectivity index (χ0) is 16.4. The minimum atomic E-state index is -1.72. The van der Waals surface area contributed by atoms with Crippen LogP contribution in [0.4, 0.5) is 0 Å². The molecule has 0 aromatic carbocycles. The maximum absolute atomic E-state index is 6.72. The van der Waals surface area contributed by atoms with Crippen LogP contribution >= 0.6 is 0 Å². The molecular weight excluding hydrogens is 288 g/mol. The molecule has 1 aromatic heterocycles. The standard InChI is InChI=1S/C19H32O2Si/c1-6-11-14-17(13-7-2)19(18-15-12-16-20-18)21-22(8-3,9-4)10-5/h7,12,15-16H,2,6,8-11,13-14H2,1,3-5H3/b19-17-. The van der Waals surface area contributed by atoms with Crippen molar-refractivity contribution >= 4 is 14.1 Å². The molecule has 0 aliphatic heterocycles. The van der Waals surface area contributed by atoms with Crippen molar-refractivity contribution in [1.29, 1.82) is 0 Å². The molecule has 0 spiro atoms. The Bertz CT molecular complexity index is 448. The fourth-order valence-electron chi connectivity index (χ4n) is 2.76. The molecule has 3 heteroatoms. The molecule has 0 aliphatic carbocycles. The number of rotatable bonds is 11. The average molecular weight is 321 g/mol. The summed E-state index contributed by atoms with van der Waals surface area (Å²) in [6.45, 7) is 12.9. The van der Waals surface area contributed by atoms with Crippen molar-refractivity contribution in [3.63, 3.8) is 0 Å². The summed E-state index contributed by atoms with van der Waals surface area (Å²) in [7, 11) is -1.72. The lowest BCUT2D eigenvalue weighted by Crippen LogP contribution is -2.35. The zero-order valence-electron chi connectivity index (χ0n) is 14.8. The normalized spacial score (nSPS) is 12.9. The summed E-state index contributed by atoms with van der Waals surface area (Å²) in [6, 6.07) is 7.37. The Morgan fingerprint density at radius 3 is 2.36 bits per heavy atom. The lowest BCUT2D eigenvalue weighted by molar-refractivity contribution is 0.443. The Kier molecular flexibility index (Phi) is 8.32. The van der Waals surface area contributed by atoms with Gasteiger partial charge in [0.05, 0.1) is 6.26 Å². The van der Waals surface area contributed by atoms with Crippen LogP contribution < -0.4 is 0 Å². The quantitative estimate of drug-likeness (QED) is 0.255. The van der Waals surface area contributed by atoms with Crippen molar-refractivity contribution in [3.8, 4) is 0 Å². The van der Waals surface area contributed by atoms with Crippen molar-refractivity contribution < 1.29 is 8.84 Å². The molecule has 0 fully saturated rings. The molecule has 22 heavy (non-hydrogen) atoms. The third-order valence-electron chi connectivity index (χ3n) is 4.54. The molecule has 1 rings (SSSR count). The largest absolute Gasteiger partial charge is 0.541 e. The molecule has 2 nitrogen and oxygen atoms in total. The molecule has 1 aromatic rings. The molecule has 0 saturated carbocycles. The van der Waals surface area contributed by atoms with Gasteiger partial charge < -0.3 is 8.84 Å². The molecule has 0 atom stereocenters. The van der Waals surface area contributed by atoms with Crippen LogP contribution in [0.5, 0.6) is 0 Å². The molecular formula is C19H32O2Si. The third-order valence-corrected chi connectivity index (χ3v) is 9.04. The summed E-state index contributed by atoms with van der Waals surface area (Å²) in [5.41, 5.74) is 1.33. The minimum absolute atomic E-state index is 0.873. The van der Waals surface area contributed by atoms with Gasteiger partial charge in [0.25, 0.3) is 8.32 Å². The van der Waals surface area contributed by atoms with Gasteiger partial charge in [-0.15, -0.1) is 6.58 Å². The van der Waals surface area contributed by atoms with E-state index in [1.54, 1.807) is 6.26 Å². The number of unbranched alkanes of at least 4 members (excludes halogenated alkanes) is 1. The van der Waals surface area contributed by atoms with E-state index in [-0.39, 0.29) is 0 Å². The average Bonchev–Trinajstić information content (AvgIpc) is 3.08. The minimum Gasteiger partial charge on any atom is -0.541 e. The van der Waals surface area contributed by atoms with E-state index in [9.17, 15) is 0 Å². The number of hydrogen-bond donors (Lipinski definition) is 0. The van der Waals surface area contributed by atoms with E-state index in [0.29, 0.717) is 0 Å². The van der Waals surface area contributed by atoms with Crippen LogP contribution in [0.2, 0.25) is 18.1 Å². The van der Waals surface area contributed by atoms with Gasteiger partial charge in [0.1, 0.15) is 5.76 Å². The monoisotopic (exact) mass is 320 g/mol. The van der Waals surface area contributed by atoms with E-state index in [1.165, 1.54) is 18.4 Å². The van der Waals surface area contributed by atoms with Gasteiger partial charge >= 0.3 is 0 Å². The molecule has 0 unspecified atom stereocenters. The van der Waals surface area contributed by atoms with E-state index in [4.69, 9.17) is 8.84 Å². The van der Waals surface area contributed by atoms with Crippen LogP contribution in [-0.2, 0) is 4.43 Å². The van der Waals surface area contributed by atoms with Gasteiger partial charge in [-0.05, 0) is 55.1 Å². The zero-order valence-corrected chi connectivity index (χ0v) is 15.8.